The van der Waals surface area contributed by atoms with Crippen molar-refractivity contribution in [2.24, 2.45) is 0 Å². The molecule has 2 aromatic carbocycles. The highest BCUT2D eigenvalue weighted by atomic mass is 35.5. The largest absolute Gasteiger partial charge is 0.336 e. The highest BCUT2D eigenvalue weighted by Gasteiger charge is 2.22. The van der Waals surface area contributed by atoms with Crippen molar-refractivity contribution in [3.63, 3.8) is 0 Å². The third-order valence-corrected chi connectivity index (χ3v) is 4.69. The van der Waals surface area contributed by atoms with Crippen LogP contribution in [0.2, 0.25) is 10.0 Å². The Hall–Kier alpha value is -2.06. The van der Waals surface area contributed by atoms with E-state index in [4.69, 9.17) is 28.5 Å². The second-order valence-corrected chi connectivity index (χ2v) is 6.91. The predicted molar refractivity (Wildman–Crippen MR) is 98.8 cm³/mol. The van der Waals surface area contributed by atoms with Crippen molar-refractivity contribution in [3.8, 4) is 6.07 Å². The number of piperazine rings is 1. The van der Waals surface area contributed by atoms with Crippen molar-refractivity contribution in [1.29, 1.82) is 5.26 Å². The fourth-order valence-corrected chi connectivity index (χ4v) is 3.44. The van der Waals surface area contributed by atoms with Gasteiger partial charge >= 0.3 is 0 Å². The summed E-state index contributed by atoms with van der Waals surface area (Å²) in [6.45, 7) is 3.76. The number of carbonyl (C=O) groups is 1. The number of nitriles is 1. The lowest BCUT2D eigenvalue weighted by Gasteiger charge is -2.34. The zero-order chi connectivity index (χ0) is 17.8. The SMILES string of the molecule is N#Cc1ccc(CN2CCN(C(=O)c3cc(Cl)cc(Cl)c3)CC2)cc1. The van der Waals surface area contributed by atoms with Crippen LogP contribution in [-0.4, -0.2) is 41.9 Å². The molecule has 1 heterocycles. The first-order valence-electron chi connectivity index (χ1n) is 8.02. The van der Waals surface area contributed by atoms with Crippen molar-refractivity contribution < 1.29 is 4.79 Å². The van der Waals surface area contributed by atoms with Crippen LogP contribution in [-0.2, 0) is 6.54 Å². The van der Waals surface area contributed by atoms with E-state index in [9.17, 15) is 4.79 Å². The molecule has 0 spiro atoms. The normalized spacial score (nSPS) is 15.0. The molecule has 3 rings (SSSR count). The molecular formula is C19H17Cl2N3O. The molecule has 1 saturated heterocycles. The molecule has 0 unspecified atom stereocenters. The minimum atomic E-state index is -0.0394. The first kappa shape index (κ1) is 17.8. The Bertz CT molecular complexity index is 786. The summed E-state index contributed by atoms with van der Waals surface area (Å²) in [5, 5.41) is 9.78. The van der Waals surface area contributed by atoms with Gasteiger partial charge in [-0.3, -0.25) is 9.69 Å². The second kappa shape index (κ2) is 7.88. The molecule has 0 aliphatic carbocycles. The number of rotatable bonds is 3. The molecule has 6 heteroatoms. The standard InChI is InChI=1S/C19H17Cl2N3O/c20-17-9-16(10-18(21)11-17)19(25)24-7-5-23(6-8-24)13-15-3-1-14(12-22)2-4-15/h1-4,9-11H,5-8,13H2. The van der Waals surface area contributed by atoms with Crippen LogP contribution >= 0.6 is 23.2 Å². The topological polar surface area (TPSA) is 47.3 Å². The van der Waals surface area contributed by atoms with E-state index in [-0.39, 0.29) is 5.91 Å². The van der Waals surface area contributed by atoms with Gasteiger partial charge in [-0.15, -0.1) is 0 Å². The maximum atomic E-state index is 12.6. The molecule has 0 N–H and O–H groups in total. The molecule has 128 valence electrons. The molecular weight excluding hydrogens is 357 g/mol. The fourth-order valence-electron chi connectivity index (χ4n) is 2.91. The third kappa shape index (κ3) is 4.52. The number of benzene rings is 2. The highest BCUT2D eigenvalue weighted by molar-refractivity contribution is 6.35. The lowest BCUT2D eigenvalue weighted by Crippen LogP contribution is -2.48. The molecule has 25 heavy (non-hydrogen) atoms. The maximum Gasteiger partial charge on any atom is 0.254 e. The Balaban J connectivity index is 1.57. The Kier molecular flexibility index (Phi) is 5.60. The molecule has 0 saturated carbocycles. The maximum absolute atomic E-state index is 12.6. The summed E-state index contributed by atoms with van der Waals surface area (Å²) in [5.41, 5.74) is 2.36. The molecule has 1 aliphatic heterocycles. The zero-order valence-electron chi connectivity index (χ0n) is 13.6. The minimum Gasteiger partial charge on any atom is -0.336 e. The number of hydrogen-bond acceptors (Lipinski definition) is 3. The molecule has 0 bridgehead atoms. The van der Waals surface area contributed by atoms with Crippen LogP contribution in [0.4, 0.5) is 0 Å². The average Bonchev–Trinajstić information content (AvgIpc) is 2.61. The summed E-state index contributed by atoms with van der Waals surface area (Å²) in [4.78, 5) is 16.7. The quantitative estimate of drug-likeness (QED) is 0.821. The van der Waals surface area contributed by atoms with Crippen LogP contribution in [0, 0.1) is 11.3 Å². The van der Waals surface area contributed by atoms with Crippen LogP contribution in [0.1, 0.15) is 21.5 Å². The Morgan fingerprint density at radius 1 is 1.00 bits per heavy atom. The first-order valence-corrected chi connectivity index (χ1v) is 8.77. The van der Waals surface area contributed by atoms with Crippen molar-refractivity contribution >= 4 is 29.1 Å². The number of carbonyl (C=O) groups excluding carboxylic acids is 1. The Morgan fingerprint density at radius 2 is 1.60 bits per heavy atom. The van der Waals surface area contributed by atoms with Crippen molar-refractivity contribution in [3.05, 3.63) is 69.2 Å². The van der Waals surface area contributed by atoms with E-state index in [2.05, 4.69) is 11.0 Å². The van der Waals surface area contributed by atoms with Gasteiger partial charge in [0.2, 0.25) is 0 Å². The van der Waals surface area contributed by atoms with Gasteiger partial charge in [0, 0.05) is 48.3 Å². The monoisotopic (exact) mass is 373 g/mol. The lowest BCUT2D eigenvalue weighted by molar-refractivity contribution is 0.0628. The van der Waals surface area contributed by atoms with Gasteiger partial charge < -0.3 is 4.90 Å². The third-order valence-electron chi connectivity index (χ3n) is 4.26. The van der Waals surface area contributed by atoms with E-state index in [1.165, 1.54) is 5.56 Å². The Morgan fingerprint density at radius 3 is 2.16 bits per heavy atom. The molecule has 2 aromatic rings. The van der Waals surface area contributed by atoms with E-state index in [1.54, 1.807) is 18.2 Å². The van der Waals surface area contributed by atoms with Crippen LogP contribution in [0.25, 0.3) is 0 Å². The fraction of sp³-hybridized carbons (Fsp3) is 0.263. The molecule has 1 aliphatic rings. The van der Waals surface area contributed by atoms with Crippen molar-refractivity contribution in [2.45, 2.75) is 6.54 Å². The van der Waals surface area contributed by atoms with Gasteiger partial charge in [0.1, 0.15) is 0 Å². The number of hydrogen-bond donors (Lipinski definition) is 0. The summed E-state index contributed by atoms with van der Waals surface area (Å²) in [6, 6.07) is 14.7. The van der Waals surface area contributed by atoms with Crippen molar-refractivity contribution in [1.82, 2.24) is 9.80 Å². The minimum absolute atomic E-state index is 0.0394. The summed E-state index contributed by atoms with van der Waals surface area (Å²) in [6.07, 6.45) is 0. The van der Waals surface area contributed by atoms with Gasteiger partial charge in [0.25, 0.3) is 5.91 Å². The van der Waals surface area contributed by atoms with Crippen LogP contribution in [0.5, 0.6) is 0 Å². The summed E-state index contributed by atoms with van der Waals surface area (Å²) < 4.78 is 0. The van der Waals surface area contributed by atoms with Gasteiger partial charge in [0.15, 0.2) is 0 Å². The molecule has 0 aromatic heterocycles. The summed E-state index contributed by atoms with van der Waals surface area (Å²) in [7, 11) is 0. The smallest absolute Gasteiger partial charge is 0.254 e. The van der Waals surface area contributed by atoms with Crippen LogP contribution < -0.4 is 0 Å². The van der Waals surface area contributed by atoms with Gasteiger partial charge in [-0.05, 0) is 35.9 Å². The molecule has 0 atom stereocenters. The van der Waals surface area contributed by atoms with E-state index < -0.39 is 0 Å². The van der Waals surface area contributed by atoms with Gasteiger partial charge in [0.05, 0.1) is 11.6 Å². The zero-order valence-corrected chi connectivity index (χ0v) is 15.1. The second-order valence-electron chi connectivity index (χ2n) is 6.04. The van der Waals surface area contributed by atoms with Crippen molar-refractivity contribution in [2.75, 3.05) is 26.2 Å². The van der Waals surface area contributed by atoms with Gasteiger partial charge in [-0.2, -0.15) is 5.26 Å². The molecule has 1 amide bonds. The molecule has 1 fully saturated rings. The Labute approximate surface area is 157 Å². The van der Waals surface area contributed by atoms with Gasteiger partial charge in [-0.1, -0.05) is 35.3 Å². The molecule has 4 nitrogen and oxygen atoms in total. The molecule has 0 radical (unpaired) electrons. The van der Waals surface area contributed by atoms with Crippen LogP contribution in [0.15, 0.2) is 42.5 Å². The number of nitrogens with zero attached hydrogens (tertiary/aromatic N) is 3. The predicted octanol–water partition coefficient (Wildman–Crippen LogP) is 3.82. The van der Waals surface area contributed by atoms with E-state index >= 15 is 0 Å². The highest BCUT2D eigenvalue weighted by Crippen LogP contribution is 2.21. The summed E-state index contributed by atoms with van der Waals surface area (Å²) >= 11 is 12.0. The summed E-state index contributed by atoms with van der Waals surface area (Å²) in [5.74, 6) is -0.0394. The van der Waals surface area contributed by atoms with Gasteiger partial charge in [-0.25, -0.2) is 0 Å². The van der Waals surface area contributed by atoms with E-state index in [1.807, 2.05) is 29.2 Å². The van der Waals surface area contributed by atoms with E-state index in [0.29, 0.717) is 34.3 Å². The van der Waals surface area contributed by atoms with E-state index in [0.717, 1.165) is 19.6 Å². The lowest BCUT2D eigenvalue weighted by atomic mass is 10.1. The number of halogens is 2. The first-order chi connectivity index (χ1) is 12.0. The number of amides is 1. The van der Waals surface area contributed by atoms with Crippen LogP contribution in [0.3, 0.4) is 0 Å². The average molecular weight is 374 g/mol.